The second-order valence-corrected chi connectivity index (χ2v) is 7.90. The molecule has 0 aromatic carbocycles. The van der Waals surface area contributed by atoms with Gasteiger partial charge in [-0.05, 0) is 67.8 Å². The Morgan fingerprint density at radius 2 is 2.21 bits per heavy atom. The molecular weight excluding hydrogens is 320 g/mol. The topological polar surface area (TPSA) is 52.2 Å². The van der Waals surface area contributed by atoms with E-state index in [1.807, 2.05) is 28.6 Å². The lowest BCUT2D eigenvalue weighted by atomic mass is 9.91. The molecule has 1 saturated heterocycles. The Balaban J connectivity index is 1.34. The van der Waals surface area contributed by atoms with Crippen LogP contribution in [0.2, 0.25) is 0 Å². The summed E-state index contributed by atoms with van der Waals surface area (Å²) in [6.07, 6.45) is 7.15. The molecule has 1 atom stereocenters. The molecule has 0 radical (unpaired) electrons. The molecule has 0 bridgehead atoms. The summed E-state index contributed by atoms with van der Waals surface area (Å²) in [6, 6.07) is 2.15. The summed E-state index contributed by atoms with van der Waals surface area (Å²) >= 11 is 1.82. The monoisotopic (exact) mass is 344 g/mol. The quantitative estimate of drug-likeness (QED) is 0.931. The lowest BCUT2D eigenvalue weighted by Crippen LogP contribution is -2.50. The van der Waals surface area contributed by atoms with Crippen molar-refractivity contribution < 1.29 is 4.79 Å². The van der Waals surface area contributed by atoms with E-state index in [0.29, 0.717) is 5.92 Å². The number of H-pyrrole nitrogens is 1. The van der Waals surface area contributed by atoms with Gasteiger partial charge in [-0.1, -0.05) is 0 Å². The fourth-order valence-electron chi connectivity index (χ4n) is 3.96. The minimum absolute atomic E-state index is 0.0181. The number of likely N-dealkylation sites (tertiary alicyclic amines) is 1. The van der Waals surface area contributed by atoms with Gasteiger partial charge >= 0.3 is 0 Å². The van der Waals surface area contributed by atoms with Crippen molar-refractivity contribution in [2.45, 2.75) is 44.7 Å². The molecule has 6 heteroatoms. The number of piperidine rings is 1. The van der Waals surface area contributed by atoms with Crippen LogP contribution in [0, 0.1) is 0 Å². The van der Waals surface area contributed by atoms with Crippen molar-refractivity contribution in [1.82, 2.24) is 20.0 Å². The van der Waals surface area contributed by atoms with E-state index in [4.69, 9.17) is 0 Å². The molecule has 2 aromatic heterocycles. The lowest BCUT2D eigenvalue weighted by Gasteiger charge is -2.38. The number of amides is 1. The van der Waals surface area contributed by atoms with Gasteiger partial charge < -0.3 is 4.90 Å². The van der Waals surface area contributed by atoms with E-state index in [9.17, 15) is 4.79 Å². The van der Waals surface area contributed by atoms with E-state index in [1.54, 1.807) is 0 Å². The molecule has 24 heavy (non-hydrogen) atoms. The summed E-state index contributed by atoms with van der Waals surface area (Å²) < 4.78 is 0. The average molecular weight is 344 g/mol. The highest BCUT2D eigenvalue weighted by Crippen LogP contribution is 2.29. The fourth-order valence-corrected chi connectivity index (χ4v) is 4.85. The number of hydrogen-bond donors (Lipinski definition) is 1. The molecule has 0 spiro atoms. The number of carbonyl (C=O) groups excluding carboxylic acids is 1. The van der Waals surface area contributed by atoms with Crippen molar-refractivity contribution in [2.24, 2.45) is 0 Å². The van der Waals surface area contributed by atoms with Crippen molar-refractivity contribution in [3.05, 3.63) is 39.8 Å². The number of aromatic amines is 1. The average Bonchev–Trinajstić information content (AvgIpc) is 3.31. The first kappa shape index (κ1) is 15.8. The molecule has 0 saturated carbocycles. The van der Waals surface area contributed by atoms with Crippen LogP contribution in [0.5, 0.6) is 0 Å². The van der Waals surface area contributed by atoms with Gasteiger partial charge in [0, 0.05) is 24.2 Å². The summed E-state index contributed by atoms with van der Waals surface area (Å²) in [5, 5.41) is 9.10. The highest BCUT2D eigenvalue weighted by Gasteiger charge is 2.31. The molecule has 128 valence electrons. The van der Waals surface area contributed by atoms with Gasteiger partial charge in [-0.25, -0.2) is 0 Å². The maximum Gasteiger partial charge on any atom is 0.239 e. The molecule has 0 unspecified atom stereocenters. The lowest BCUT2D eigenvalue weighted by molar-refractivity contribution is -0.137. The first-order chi connectivity index (χ1) is 11.7. The summed E-state index contributed by atoms with van der Waals surface area (Å²) in [4.78, 5) is 18.8. The first-order valence-corrected chi connectivity index (χ1v) is 9.67. The predicted octanol–water partition coefficient (Wildman–Crippen LogP) is 2.62. The van der Waals surface area contributed by atoms with Gasteiger partial charge in [-0.2, -0.15) is 5.10 Å². The molecule has 2 aliphatic rings. The van der Waals surface area contributed by atoms with Gasteiger partial charge in [-0.3, -0.25) is 14.8 Å². The third-order valence-corrected chi connectivity index (χ3v) is 6.57. The number of rotatable bonds is 3. The van der Waals surface area contributed by atoms with Crippen LogP contribution in [0.4, 0.5) is 0 Å². The molecule has 2 aliphatic heterocycles. The van der Waals surface area contributed by atoms with E-state index in [2.05, 4.69) is 33.5 Å². The third-order valence-electron chi connectivity index (χ3n) is 5.54. The maximum absolute atomic E-state index is 12.9. The van der Waals surface area contributed by atoms with Crippen LogP contribution in [0.3, 0.4) is 0 Å². The smallest absolute Gasteiger partial charge is 0.239 e. The Hall–Kier alpha value is -1.66. The summed E-state index contributed by atoms with van der Waals surface area (Å²) in [5.74, 6) is 0.860. The molecular formula is C18H24N4OS. The van der Waals surface area contributed by atoms with Crippen molar-refractivity contribution in [3.8, 4) is 0 Å². The SMILES string of the molecule is C[C@@H](C(=O)N1CCc2sccc2C1)N1CCC(c2cn[nH]c2)CC1. The molecule has 0 aliphatic carbocycles. The number of nitrogens with one attached hydrogen (secondary N) is 1. The Kier molecular flexibility index (Phi) is 4.41. The Bertz CT molecular complexity index is 688. The van der Waals surface area contributed by atoms with Crippen molar-refractivity contribution in [1.29, 1.82) is 0 Å². The molecule has 5 nitrogen and oxygen atoms in total. The molecule has 4 rings (SSSR count). The van der Waals surface area contributed by atoms with Crippen LogP contribution >= 0.6 is 11.3 Å². The minimum Gasteiger partial charge on any atom is -0.337 e. The number of carbonyl (C=O) groups is 1. The Morgan fingerprint density at radius 1 is 1.38 bits per heavy atom. The van der Waals surface area contributed by atoms with Gasteiger partial charge in [0.2, 0.25) is 5.91 Å². The zero-order valence-corrected chi connectivity index (χ0v) is 14.9. The van der Waals surface area contributed by atoms with E-state index in [1.165, 1.54) is 16.0 Å². The van der Waals surface area contributed by atoms with E-state index in [-0.39, 0.29) is 11.9 Å². The zero-order chi connectivity index (χ0) is 16.5. The van der Waals surface area contributed by atoms with Gasteiger partial charge in [0.05, 0.1) is 12.2 Å². The highest BCUT2D eigenvalue weighted by atomic mass is 32.1. The third kappa shape index (κ3) is 3.00. The molecule has 2 aromatic rings. The van der Waals surface area contributed by atoms with Crippen LogP contribution in [0.1, 0.15) is 41.7 Å². The van der Waals surface area contributed by atoms with Gasteiger partial charge in [0.1, 0.15) is 0 Å². The molecule has 1 amide bonds. The summed E-state index contributed by atoms with van der Waals surface area (Å²) in [6.45, 7) is 5.69. The minimum atomic E-state index is -0.0181. The van der Waals surface area contributed by atoms with E-state index in [0.717, 1.165) is 45.4 Å². The second-order valence-electron chi connectivity index (χ2n) is 6.90. The second kappa shape index (κ2) is 6.69. The standard InChI is InChI=1S/C18H24N4OS/c1-13(18(23)22-8-4-17-15(12-22)5-9-24-17)21-6-2-14(3-7-21)16-10-19-20-11-16/h5,9-11,13-14H,2-4,6-8,12H2,1H3,(H,19,20)/t13-/m0/s1. The van der Waals surface area contributed by atoms with Crippen molar-refractivity contribution in [2.75, 3.05) is 19.6 Å². The van der Waals surface area contributed by atoms with E-state index < -0.39 is 0 Å². The van der Waals surface area contributed by atoms with Crippen molar-refractivity contribution in [3.63, 3.8) is 0 Å². The molecule has 1 fully saturated rings. The van der Waals surface area contributed by atoms with E-state index >= 15 is 0 Å². The van der Waals surface area contributed by atoms with Gasteiger partial charge in [0.25, 0.3) is 0 Å². The highest BCUT2D eigenvalue weighted by molar-refractivity contribution is 7.10. The number of thiophene rings is 1. The maximum atomic E-state index is 12.9. The van der Waals surface area contributed by atoms with Gasteiger partial charge in [-0.15, -0.1) is 11.3 Å². The molecule has 4 heterocycles. The van der Waals surface area contributed by atoms with Crippen LogP contribution in [-0.2, 0) is 17.8 Å². The summed E-state index contributed by atoms with van der Waals surface area (Å²) in [7, 11) is 0. The largest absolute Gasteiger partial charge is 0.337 e. The zero-order valence-electron chi connectivity index (χ0n) is 14.1. The predicted molar refractivity (Wildman–Crippen MR) is 95.0 cm³/mol. The van der Waals surface area contributed by atoms with Gasteiger partial charge in [0.15, 0.2) is 0 Å². The van der Waals surface area contributed by atoms with Crippen molar-refractivity contribution >= 4 is 17.2 Å². The number of fused-ring (bicyclic) bond motifs is 1. The van der Waals surface area contributed by atoms with Crippen LogP contribution in [0.25, 0.3) is 0 Å². The number of nitrogens with zero attached hydrogens (tertiary/aromatic N) is 3. The van der Waals surface area contributed by atoms with Crippen LogP contribution < -0.4 is 0 Å². The van der Waals surface area contributed by atoms with Crippen LogP contribution in [0.15, 0.2) is 23.8 Å². The number of aromatic nitrogens is 2. The first-order valence-electron chi connectivity index (χ1n) is 8.79. The Labute approximate surface area is 146 Å². The summed E-state index contributed by atoms with van der Waals surface area (Å²) in [5.41, 5.74) is 2.64. The Morgan fingerprint density at radius 3 is 2.96 bits per heavy atom. The molecule has 1 N–H and O–H groups in total. The number of hydrogen-bond acceptors (Lipinski definition) is 4. The fraction of sp³-hybridized carbons (Fsp3) is 0.556. The normalized spacial score (nSPS) is 20.8. The van der Waals surface area contributed by atoms with Crippen LogP contribution in [-0.4, -0.2) is 51.6 Å².